The zero-order valence-corrected chi connectivity index (χ0v) is 10.2. The molecule has 1 rings (SSSR count). The van der Waals surface area contributed by atoms with Crippen LogP contribution < -0.4 is 0 Å². The Labute approximate surface area is 100 Å². The summed E-state index contributed by atoms with van der Waals surface area (Å²) in [6.45, 7) is 4.65. The predicted molar refractivity (Wildman–Crippen MR) is 59.7 cm³/mol. The van der Waals surface area contributed by atoms with Crippen LogP contribution in [0.15, 0.2) is 0 Å². The number of ether oxygens (including phenoxy) is 2. The molecule has 1 N–H and O–H groups in total. The highest BCUT2D eigenvalue weighted by Gasteiger charge is 2.28. The molecule has 2 unspecified atom stereocenters. The molecular formula is C11H19NO5. The van der Waals surface area contributed by atoms with Gasteiger partial charge in [0, 0.05) is 6.54 Å². The topological polar surface area (TPSA) is 76.1 Å². The van der Waals surface area contributed by atoms with Crippen LogP contribution in [-0.2, 0) is 19.1 Å². The van der Waals surface area contributed by atoms with Crippen LogP contribution in [0, 0.1) is 0 Å². The molecule has 6 heteroatoms. The lowest BCUT2D eigenvalue weighted by atomic mass is 10.2. The van der Waals surface area contributed by atoms with Gasteiger partial charge in [0.25, 0.3) is 0 Å². The van der Waals surface area contributed by atoms with Gasteiger partial charge in [0.15, 0.2) is 6.10 Å². The van der Waals surface area contributed by atoms with E-state index in [9.17, 15) is 9.59 Å². The van der Waals surface area contributed by atoms with Crippen LogP contribution in [0.4, 0.5) is 0 Å². The molecule has 0 spiro atoms. The first-order valence-corrected chi connectivity index (χ1v) is 5.78. The second-order valence-corrected chi connectivity index (χ2v) is 4.07. The molecule has 0 saturated carbocycles. The highest BCUT2D eigenvalue weighted by molar-refractivity contribution is 5.79. The van der Waals surface area contributed by atoms with Gasteiger partial charge in [0.1, 0.15) is 6.61 Å². The second kappa shape index (κ2) is 6.56. The molecule has 1 aliphatic rings. The lowest BCUT2D eigenvalue weighted by Crippen LogP contribution is -2.49. The lowest BCUT2D eigenvalue weighted by molar-refractivity contribution is -0.161. The first-order chi connectivity index (χ1) is 8.04. The molecule has 0 radical (unpaired) electrons. The number of carboxylic acid groups (broad SMARTS) is 1. The van der Waals surface area contributed by atoms with Gasteiger partial charge in [-0.15, -0.1) is 0 Å². The van der Waals surface area contributed by atoms with Crippen molar-refractivity contribution in [2.45, 2.75) is 32.5 Å². The Morgan fingerprint density at radius 2 is 2.29 bits per heavy atom. The van der Waals surface area contributed by atoms with E-state index in [1.165, 1.54) is 4.90 Å². The summed E-state index contributed by atoms with van der Waals surface area (Å²) in [5, 5.41) is 8.80. The number of nitrogens with zero attached hydrogens (tertiary/aromatic N) is 1. The highest BCUT2D eigenvalue weighted by atomic mass is 16.5. The number of rotatable bonds is 5. The van der Waals surface area contributed by atoms with Crippen molar-refractivity contribution >= 4 is 11.9 Å². The molecule has 98 valence electrons. The minimum Gasteiger partial charge on any atom is -0.479 e. The SMILES string of the molecule is CCC(C)OCC(=O)N1CCOC(C(=O)O)C1. The van der Waals surface area contributed by atoms with Crippen molar-refractivity contribution in [2.75, 3.05) is 26.3 Å². The summed E-state index contributed by atoms with van der Waals surface area (Å²) in [7, 11) is 0. The summed E-state index contributed by atoms with van der Waals surface area (Å²) in [6.07, 6.45) is -0.0414. The van der Waals surface area contributed by atoms with Crippen molar-refractivity contribution in [3.8, 4) is 0 Å². The maximum atomic E-state index is 11.7. The molecule has 0 aromatic carbocycles. The van der Waals surface area contributed by atoms with E-state index in [4.69, 9.17) is 14.6 Å². The maximum Gasteiger partial charge on any atom is 0.334 e. The fourth-order valence-electron chi connectivity index (χ4n) is 1.45. The summed E-state index contributed by atoms with van der Waals surface area (Å²) >= 11 is 0. The van der Waals surface area contributed by atoms with Crippen molar-refractivity contribution in [1.82, 2.24) is 4.90 Å². The summed E-state index contributed by atoms with van der Waals surface area (Å²) in [5.74, 6) is -1.22. The van der Waals surface area contributed by atoms with E-state index in [0.717, 1.165) is 6.42 Å². The van der Waals surface area contributed by atoms with Crippen LogP contribution >= 0.6 is 0 Å². The van der Waals surface area contributed by atoms with E-state index in [1.807, 2.05) is 13.8 Å². The minimum absolute atomic E-state index is 0.00134. The van der Waals surface area contributed by atoms with Crippen molar-refractivity contribution in [3.05, 3.63) is 0 Å². The molecule has 1 amide bonds. The molecule has 6 nitrogen and oxygen atoms in total. The van der Waals surface area contributed by atoms with Crippen LogP contribution in [0.5, 0.6) is 0 Å². The molecule has 1 fully saturated rings. The van der Waals surface area contributed by atoms with E-state index < -0.39 is 12.1 Å². The fraction of sp³-hybridized carbons (Fsp3) is 0.818. The number of carboxylic acids is 1. The molecule has 17 heavy (non-hydrogen) atoms. The van der Waals surface area contributed by atoms with Gasteiger partial charge in [-0.2, -0.15) is 0 Å². The van der Waals surface area contributed by atoms with E-state index >= 15 is 0 Å². The largest absolute Gasteiger partial charge is 0.479 e. The van der Waals surface area contributed by atoms with E-state index in [0.29, 0.717) is 6.54 Å². The van der Waals surface area contributed by atoms with Crippen LogP contribution in [0.2, 0.25) is 0 Å². The zero-order chi connectivity index (χ0) is 12.8. The summed E-state index contributed by atoms with van der Waals surface area (Å²) in [6, 6.07) is 0. The summed E-state index contributed by atoms with van der Waals surface area (Å²) in [4.78, 5) is 24.0. The quantitative estimate of drug-likeness (QED) is 0.744. The first-order valence-electron chi connectivity index (χ1n) is 5.78. The molecule has 0 aromatic heterocycles. The fourth-order valence-corrected chi connectivity index (χ4v) is 1.45. The Balaban J connectivity index is 2.38. The number of carbonyl (C=O) groups excluding carboxylic acids is 1. The monoisotopic (exact) mass is 245 g/mol. The van der Waals surface area contributed by atoms with Crippen molar-refractivity contribution < 1.29 is 24.2 Å². The Kier molecular flexibility index (Phi) is 5.37. The summed E-state index contributed by atoms with van der Waals surface area (Å²) in [5.41, 5.74) is 0. The lowest BCUT2D eigenvalue weighted by Gasteiger charge is -2.31. The molecule has 2 atom stereocenters. The van der Waals surface area contributed by atoms with Crippen molar-refractivity contribution in [1.29, 1.82) is 0 Å². The number of carbonyl (C=O) groups is 2. The second-order valence-electron chi connectivity index (χ2n) is 4.07. The van der Waals surface area contributed by atoms with Gasteiger partial charge in [0.05, 0.1) is 19.3 Å². The number of amides is 1. The number of hydrogen-bond donors (Lipinski definition) is 1. The van der Waals surface area contributed by atoms with Crippen LogP contribution in [0.1, 0.15) is 20.3 Å². The van der Waals surface area contributed by atoms with E-state index in [1.54, 1.807) is 0 Å². The van der Waals surface area contributed by atoms with E-state index in [-0.39, 0.29) is 31.8 Å². The Hall–Kier alpha value is -1.14. The normalized spacial score (nSPS) is 22.2. The van der Waals surface area contributed by atoms with Gasteiger partial charge in [-0.25, -0.2) is 4.79 Å². The van der Waals surface area contributed by atoms with E-state index in [2.05, 4.69) is 0 Å². The van der Waals surface area contributed by atoms with Crippen LogP contribution in [0.25, 0.3) is 0 Å². The molecule has 0 aromatic rings. The van der Waals surface area contributed by atoms with Gasteiger partial charge >= 0.3 is 5.97 Å². The molecule has 0 aliphatic carbocycles. The third-order valence-electron chi connectivity index (χ3n) is 2.76. The van der Waals surface area contributed by atoms with Gasteiger partial charge in [-0.1, -0.05) is 6.92 Å². The smallest absolute Gasteiger partial charge is 0.334 e. The van der Waals surface area contributed by atoms with Gasteiger partial charge < -0.3 is 19.5 Å². The maximum absolute atomic E-state index is 11.7. The van der Waals surface area contributed by atoms with Crippen LogP contribution in [-0.4, -0.2) is 60.4 Å². The third kappa shape index (κ3) is 4.32. The van der Waals surface area contributed by atoms with Gasteiger partial charge in [-0.3, -0.25) is 4.79 Å². The first kappa shape index (κ1) is 13.9. The minimum atomic E-state index is -1.04. The standard InChI is InChI=1S/C11H19NO5/c1-3-8(2)17-7-10(13)12-4-5-16-9(6-12)11(14)15/h8-9H,3-7H2,1-2H3,(H,14,15). The van der Waals surface area contributed by atoms with Gasteiger partial charge in [0.2, 0.25) is 5.91 Å². The molecule has 1 heterocycles. The highest BCUT2D eigenvalue weighted by Crippen LogP contribution is 2.06. The Morgan fingerprint density at radius 1 is 1.59 bits per heavy atom. The summed E-state index contributed by atoms with van der Waals surface area (Å²) < 4.78 is 10.4. The van der Waals surface area contributed by atoms with Gasteiger partial charge in [-0.05, 0) is 13.3 Å². The van der Waals surface area contributed by atoms with Crippen LogP contribution in [0.3, 0.4) is 0 Å². The number of aliphatic carboxylic acids is 1. The Morgan fingerprint density at radius 3 is 2.88 bits per heavy atom. The number of morpholine rings is 1. The third-order valence-corrected chi connectivity index (χ3v) is 2.76. The van der Waals surface area contributed by atoms with Crippen molar-refractivity contribution in [2.24, 2.45) is 0 Å². The molecule has 1 saturated heterocycles. The Bertz CT molecular complexity index is 281. The predicted octanol–water partition coefficient (Wildman–Crippen LogP) is 0.114. The molecule has 1 aliphatic heterocycles. The average molecular weight is 245 g/mol. The molecule has 0 bridgehead atoms. The average Bonchev–Trinajstić information content (AvgIpc) is 2.35. The van der Waals surface area contributed by atoms with Crippen molar-refractivity contribution in [3.63, 3.8) is 0 Å². The molecular weight excluding hydrogens is 226 g/mol. The number of hydrogen-bond acceptors (Lipinski definition) is 4. The zero-order valence-electron chi connectivity index (χ0n) is 10.2.